The van der Waals surface area contributed by atoms with Gasteiger partial charge in [-0.1, -0.05) is 25.4 Å². The Bertz CT molecular complexity index is 664. The zero-order valence-electron chi connectivity index (χ0n) is 16.5. The Morgan fingerprint density at radius 3 is 2.85 bits per heavy atom. The minimum Gasteiger partial charge on any atom is -0.493 e. The maximum atomic E-state index is 12.1. The molecule has 1 atom stereocenters. The molecule has 0 bridgehead atoms. The number of nitrogens with one attached hydrogen (secondary N) is 1. The van der Waals surface area contributed by atoms with Crippen molar-refractivity contribution in [3.05, 3.63) is 28.8 Å². The molecule has 7 heteroatoms. The molecule has 6 nitrogen and oxygen atoms in total. The van der Waals surface area contributed by atoms with Crippen LogP contribution in [0.5, 0.6) is 11.5 Å². The van der Waals surface area contributed by atoms with E-state index in [4.69, 9.17) is 25.8 Å². The van der Waals surface area contributed by atoms with Crippen molar-refractivity contribution in [2.24, 2.45) is 5.92 Å². The van der Waals surface area contributed by atoms with Gasteiger partial charge in [-0.25, -0.2) is 0 Å². The largest absolute Gasteiger partial charge is 0.493 e. The van der Waals surface area contributed by atoms with Gasteiger partial charge >= 0.3 is 0 Å². The van der Waals surface area contributed by atoms with Crippen LogP contribution >= 0.6 is 11.6 Å². The maximum Gasteiger partial charge on any atom is 0.244 e. The fourth-order valence-corrected chi connectivity index (χ4v) is 3.36. The Hall–Kier alpha value is -1.76. The number of hydrogen-bond donors (Lipinski definition) is 1. The average molecular weight is 397 g/mol. The molecule has 0 aromatic heterocycles. The summed E-state index contributed by atoms with van der Waals surface area (Å²) in [5, 5.41) is 3.32. The van der Waals surface area contributed by atoms with Gasteiger partial charge in [-0.05, 0) is 29.7 Å². The summed E-state index contributed by atoms with van der Waals surface area (Å²) in [6.45, 7) is 8.44. The number of carbonyl (C=O) groups excluding carboxylic acids is 1. The molecule has 1 saturated heterocycles. The van der Waals surface area contributed by atoms with Gasteiger partial charge in [-0.15, -0.1) is 0 Å². The van der Waals surface area contributed by atoms with Crippen LogP contribution in [0.3, 0.4) is 0 Å². The van der Waals surface area contributed by atoms with Crippen LogP contribution in [0, 0.1) is 5.92 Å². The molecule has 1 N–H and O–H groups in total. The zero-order valence-corrected chi connectivity index (χ0v) is 17.2. The number of methoxy groups -OCH3 is 2. The predicted octanol–water partition coefficient (Wildman–Crippen LogP) is 2.84. The molecule has 0 spiro atoms. The number of nitrogens with zero attached hydrogens (tertiary/aromatic N) is 1. The van der Waals surface area contributed by atoms with E-state index >= 15 is 0 Å². The van der Waals surface area contributed by atoms with E-state index in [1.165, 1.54) is 13.2 Å². The molecule has 1 aliphatic rings. The number of halogens is 1. The second-order valence-electron chi connectivity index (χ2n) is 6.96. The van der Waals surface area contributed by atoms with Crippen LogP contribution in [0.2, 0.25) is 5.02 Å². The standard InChI is InChI=1S/C20H29ClN2O4/c1-14(2)12-23-7-8-27-16(13-23)11-22-19(24)6-5-15-9-17(21)20(26-4)18(10-15)25-3/h5-6,9-10,14,16H,7-8,11-13H2,1-4H3,(H,22,24)/b6-5+. The highest BCUT2D eigenvalue weighted by molar-refractivity contribution is 6.32. The summed E-state index contributed by atoms with van der Waals surface area (Å²) in [4.78, 5) is 14.5. The van der Waals surface area contributed by atoms with Crippen LogP contribution in [0.15, 0.2) is 18.2 Å². The lowest BCUT2D eigenvalue weighted by molar-refractivity contribution is -0.117. The van der Waals surface area contributed by atoms with Gasteiger partial charge in [-0.2, -0.15) is 0 Å². The first kappa shape index (κ1) is 21.5. The Balaban J connectivity index is 1.87. The number of morpholine rings is 1. The number of benzene rings is 1. The van der Waals surface area contributed by atoms with Crippen LogP contribution < -0.4 is 14.8 Å². The highest BCUT2D eigenvalue weighted by Crippen LogP contribution is 2.36. The maximum absolute atomic E-state index is 12.1. The molecule has 150 valence electrons. The number of rotatable bonds is 8. The van der Waals surface area contributed by atoms with Crippen molar-refractivity contribution in [1.82, 2.24) is 10.2 Å². The van der Waals surface area contributed by atoms with Crippen molar-refractivity contribution >= 4 is 23.6 Å². The lowest BCUT2D eigenvalue weighted by Gasteiger charge is -2.33. The third kappa shape index (κ3) is 6.72. The molecule has 1 amide bonds. The van der Waals surface area contributed by atoms with E-state index in [0.29, 0.717) is 35.6 Å². The van der Waals surface area contributed by atoms with E-state index in [1.54, 1.807) is 25.3 Å². The van der Waals surface area contributed by atoms with Gasteiger partial charge in [0.1, 0.15) is 0 Å². The average Bonchev–Trinajstić information content (AvgIpc) is 2.64. The van der Waals surface area contributed by atoms with Crippen LogP contribution in [0.25, 0.3) is 6.08 Å². The van der Waals surface area contributed by atoms with Crippen molar-refractivity contribution in [3.8, 4) is 11.5 Å². The number of amides is 1. The quantitative estimate of drug-likeness (QED) is 0.685. The minimum absolute atomic E-state index is 0.0189. The first-order chi connectivity index (χ1) is 12.9. The Labute approximate surface area is 166 Å². The van der Waals surface area contributed by atoms with Crippen molar-refractivity contribution in [3.63, 3.8) is 0 Å². The summed E-state index contributed by atoms with van der Waals surface area (Å²) in [5.74, 6) is 1.44. The molecule has 1 aromatic carbocycles. The van der Waals surface area contributed by atoms with Crippen molar-refractivity contribution in [2.45, 2.75) is 20.0 Å². The smallest absolute Gasteiger partial charge is 0.244 e. The first-order valence-corrected chi connectivity index (χ1v) is 9.52. The summed E-state index contributed by atoms with van der Waals surface area (Å²) in [6.07, 6.45) is 3.19. The molecule has 1 aromatic rings. The van der Waals surface area contributed by atoms with Crippen LogP contribution in [0.4, 0.5) is 0 Å². The number of carbonyl (C=O) groups is 1. The van der Waals surface area contributed by atoms with E-state index in [-0.39, 0.29) is 12.0 Å². The van der Waals surface area contributed by atoms with Crippen molar-refractivity contribution in [1.29, 1.82) is 0 Å². The molecule has 1 heterocycles. The summed E-state index contributed by atoms with van der Waals surface area (Å²) in [5.41, 5.74) is 0.754. The second-order valence-corrected chi connectivity index (χ2v) is 7.37. The molecular formula is C20H29ClN2O4. The topological polar surface area (TPSA) is 60.0 Å². The van der Waals surface area contributed by atoms with E-state index in [2.05, 4.69) is 24.1 Å². The highest BCUT2D eigenvalue weighted by atomic mass is 35.5. The summed E-state index contributed by atoms with van der Waals surface area (Å²) < 4.78 is 16.2. The van der Waals surface area contributed by atoms with Crippen LogP contribution in [-0.4, -0.2) is 63.9 Å². The monoisotopic (exact) mass is 396 g/mol. The highest BCUT2D eigenvalue weighted by Gasteiger charge is 2.21. The second kappa shape index (κ2) is 10.5. The fourth-order valence-electron chi connectivity index (χ4n) is 3.07. The normalized spacial score (nSPS) is 18.1. The lowest BCUT2D eigenvalue weighted by atomic mass is 10.1. The molecule has 27 heavy (non-hydrogen) atoms. The van der Waals surface area contributed by atoms with E-state index in [0.717, 1.165) is 25.2 Å². The molecule has 0 radical (unpaired) electrons. The molecule has 0 aliphatic carbocycles. The van der Waals surface area contributed by atoms with Gasteiger partial charge in [0.05, 0.1) is 32.0 Å². The summed E-state index contributed by atoms with van der Waals surface area (Å²) in [6, 6.07) is 3.49. The third-order valence-corrected chi connectivity index (χ3v) is 4.51. The van der Waals surface area contributed by atoms with Gasteiger partial charge in [0.2, 0.25) is 5.91 Å². The van der Waals surface area contributed by atoms with E-state index < -0.39 is 0 Å². The Morgan fingerprint density at radius 1 is 1.41 bits per heavy atom. The van der Waals surface area contributed by atoms with Gasteiger partial charge in [-0.3, -0.25) is 9.69 Å². The first-order valence-electron chi connectivity index (χ1n) is 9.14. The summed E-state index contributed by atoms with van der Waals surface area (Å²) >= 11 is 6.18. The fraction of sp³-hybridized carbons (Fsp3) is 0.550. The lowest BCUT2D eigenvalue weighted by Crippen LogP contribution is -2.48. The van der Waals surface area contributed by atoms with Crippen LogP contribution in [-0.2, 0) is 9.53 Å². The van der Waals surface area contributed by atoms with Gasteiger partial charge in [0.25, 0.3) is 0 Å². The van der Waals surface area contributed by atoms with Gasteiger partial charge in [0, 0.05) is 32.3 Å². The van der Waals surface area contributed by atoms with Crippen molar-refractivity contribution < 1.29 is 19.0 Å². The molecular weight excluding hydrogens is 368 g/mol. The van der Waals surface area contributed by atoms with E-state index in [9.17, 15) is 4.79 Å². The number of hydrogen-bond acceptors (Lipinski definition) is 5. The molecule has 1 aliphatic heterocycles. The van der Waals surface area contributed by atoms with Gasteiger partial charge in [0.15, 0.2) is 11.5 Å². The minimum atomic E-state index is -0.175. The molecule has 0 saturated carbocycles. The van der Waals surface area contributed by atoms with Crippen molar-refractivity contribution in [2.75, 3.05) is 47.0 Å². The SMILES string of the molecule is COc1cc(/C=C/C(=O)NCC2CN(CC(C)C)CCO2)cc(Cl)c1OC. The molecule has 1 unspecified atom stereocenters. The summed E-state index contributed by atoms with van der Waals surface area (Å²) in [7, 11) is 3.07. The third-order valence-electron chi connectivity index (χ3n) is 4.23. The van der Waals surface area contributed by atoms with E-state index in [1.807, 2.05) is 0 Å². The molecule has 1 fully saturated rings. The molecule has 2 rings (SSSR count). The Morgan fingerprint density at radius 2 is 2.19 bits per heavy atom. The van der Waals surface area contributed by atoms with Gasteiger partial charge < -0.3 is 19.5 Å². The zero-order chi connectivity index (χ0) is 19.8. The predicted molar refractivity (Wildman–Crippen MR) is 108 cm³/mol. The number of ether oxygens (including phenoxy) is 3. The Kier molecular flexibility index (Phi) is 8.41. The van der Waals surface area contributed by atoms with Crippen LogP contribution in [0.1, 0.15) is 19.4 Å².